The number of fused-ring (bicyclic) bond motifs is 1. The van der Waals surface area contributed by atoms with Gasteiger partial charge in [-0.25, -0.2) is 9.37 Å². The molecular formula is C15H16FN3O. The Hall–Kier alpha value is -2.27. The van der Waals surface area contributed by atoms with Crippen LogP contribution in [0.1, 0.15) is 18.8 Å². The Labute approximate surface area is 116 Å². The Morgan fingerprint density at radius 2 is 2.25 bits per heavy atom. The summed E-state index contributed by atoms with van der Waals surface area (Å²) in [5.41, 5.74) is 0.517. The minimum Gasteiger partial charge on any atom is -0.311 e. The largest absolute Gasteiger partial charge is 0.311 e. The summed E-state index contributed by atoms with van der Waals surface area (Å²) in [4.78, 5) is 17.0. The predicted octanol–water partition coefficient (Wildman–Crippen LogP) is 2.47. The van der Waals surface area contributed by atoms with Crippen LogP contribution in [0.25, 0.3) is 16.6 Å². The molecule has 0 spiro atoms. The van der Waals surface area contributed by atoms with Crippen molar-refractivity contribution in [1.82, 2.24) is 14.9 Å². The first-order chi connectivity index (χ1) is 9.49. The molecule has 1 N–H and O–H groups in total. The Balaban J connectivity index is 2.90. The second kappa shape index (κ2) is 5.38. The fraction of sp³-hybridized carbons (Fsp3) is 0.200. The van der Waals surface area contributed by atoms with Gasteiger partial charge in [0.25, 0.3) is 5.56 Å². The minimum atomic E-state index is -0.471. The smallest absolute Gasteiger partial charge is 0.266 e. The first-order valence-electron chi connectivity index (χ1n) is 6.20. The van der Waals surface area contributed by atoms with E-state index in [0.717, 1.165) is 0 Å². The first-order valence-corrected chi connectivity index (χ1v) is 6.20. The van der Waals surface area contributed by atoms with Crippen molar-refractivity contribution in [3.05, 3.63) is 59.4 Å². The van der Waals surface area contributed by atoms with E-state index in [1.54, 1.807) is 7.05 Å². The van der Waals surface area contributed by atoms with Gasteiger partial charge in [0, 0.05) is 5.70 Å². The lowest BCUT2D eigenvalue weighted by atomic mass is 10.2. The van der Waals surface area contributed by atoms with Crippen LogP contribution < -0.4 is 10.9 Å². The highest BCUT2D eigenvalue weighted by molar-refractivity contribution is 5.78. The van der Waals surface area contributed by atoms with Crippen molar-refractivity contribution in [1.29, 1.82) is 0 Å². The van der Waals surface area contributed by atoms with Gasteiger partial charge in [0.15, 0.2) is 0 Å². The topological polar surface area (TPSA) is 46.9 Å². The van der Waals surface area contributed by atoms with E-state index < -0.39 is 5.82 Å². The van der Waals surface area contributed by atoms with E-state index in [2.05, 4.69) is 23.5 Å². The van der Waals surface area contributed by atoms with Gasteiger partial charge in [-0.1, -0.05) is 13.2 Å². The molecule has 1 aromatic heterocycles. The van der Waals surface area contributed by atoms with Crippen LogP contribution >= 0.6 is 0 Å². The molecule has 0 aliphatic heterocycles. The molecule has 1 aromatic carbocycles. The van der Waals surface area contributed by atoms with Crippen LogP contribution in [-0.4, -0.2) is 16.6 Å². The minimum absolute atomic E-state index is 0.158. The summed E-state index contributed by atoms with van der Waals surface area (Å²) in [6.45, 7) is 9.29. The van der Waals surface area contributed by atoms with E-state index in [1.165, 1.54) is 28.8 Å². The average molecular weight is 273 g/mol. The van der Waals surface area contributed by atoms with Crippen molar-refractivity contribution < 1.29 is 4.39 Å². The molecule has 0 radical (unpaired) electrons. The van der Waals surface area contributed by atoms with Crippen LogP contribution in [0, 0.1) is 5.82 Å². The molecule has 104 valence electrons. The van der Waals surface area contributed by atoms with Gasteiger partial charge in [-0.2, -0.15) is 0 Å². The molecule has 20 heavy (non-hydrogen) atoms. The number of aromatic nitrogens is 2. The number of hydrogen-bond acceptors (Lipinski definition) is 3. The fourth-order valence-corrected chi connectivity index (χ4v) is 1.96. The molecule has 0 saturated carbocycles. The summed E-state index contributed by atoms with van der Waals surface area (Å²) in [7, 11) is 1.77. The monoisotopic (exact) mass is 273 g/mol. The number of allylic oxidation sites excluding steroid dienone is 2. The highest BCUT2D eigenvalue weighted by Gasteiger charge is 2.16. The van der Waals surface area contributed by atoms with Crippen LogP contribution in [0.15, 0.2) is 42.2 Å². The normalized spacial score (nSPS) is 12.3. The van der Waals surface area contributed by atoms with Gasteiger partial charge in [-0.15, -0.1) is 0 Å². The quantitative estimate of drug-likeness (QED) is 0.870. The van der Waals surface area contributed by atoms with Gasteiger partial charge in [-0.05, 0) is 38.2 Å². The third-order valence-electron chi connectivity index (χ3n) is 3.20. The molecule has 1 unspecified atom stereocenters. The number of rotatable bonds is 4. The van der Waals surface area contributed by atoms with E-state index in [0.29, 0.717) is 17.0 Å². The van der Waals surface area contributed by atoms with Crippen LogP contribution in [-0.2, 0) is 0 Å². The Bertz CT molecular complexity index is 749. The first kappa shape index (κ1) is 14.1. The zero-order chi connectivity index (χ0) is 14.9. The van der Waals surface area contributed by atoms with Crippen molar-refractivity contribution in [2.45, 2.75) is 13.0 Å². The summed E-state index contributed by atoms with van der Waals surface area (Å²) in [6, 6.07) is 3.81. The molecule has 0 saturated heterocycles. The van der Waals surface area contributed by atoms with E-state index in [4.69, 9.17) is 0 Å². The molecule has 1 atom stereocenters. The van der Waals surface area contributed by atoms with E-state index in [1.807, 2.05) is 6.92 Å². The maximum Gasteiger partial charge on any atom is 0.266 e. The fourth-order valence-electron chi connectivity index (χ4n) is 1.96. The zero-order valence-corrected chi connectivity index (χ0v) is 11.5. The third kappa shape index (κ3) is 2.28. The molecule has 0 bridgehead atoms. The maximum atomic E-state index is 13.3. The number of halogens is 1. The zero-order valence-electron chi connectivity index (χ0n) is 11.5. The van der Waals surface area contributed by atoms with Gasteiger partial charge < -0.3 is 5.32 Å². The second-order valence-corrected chi connectivity index (χ2v) is 4.48. The Morgan fingerprint density at radius 1 is 1.55 bits per heavy atom. The molecule has 0 amide bonds. The van der Waals surface area contributed by atoms with Crippen molar-refractivity contribution in [3.63, 3.8) is 0 Å². The Kier molecular flexibility index (Phi) is 3.81. The lowest BCUT2D eigenvalue weighted by molar-refractivity contribution is 0.592. The van der Waals surface area contributed by atoms with Crippen molar-refractivity contribution in [2.24, 2.45) is 0 Å². The molecule has 2 aromatic rings. The maximum absolute atomic E-state index is 13.3. The lowest BCUT2D eigenvalue weighted by Crippen LogP contribution is -2.29. The van der Waals surface area contributed by atoms with Crippen LogP contribution in [0.4, 0.5) is 4.39 Å². The number of benzene rings is 1. The molecule has 0 fully saturated rings. The van der Waals surface area contributed by atoms with Crippen LogP contribution in [0.3, 0.4) is 0 Å². The van der Waals surface area contributed by atoms with Gasteiger partial charge >= 0.3 is 0 Å². The number of nitrogens with zero attached hydrogens (tertiary/aromatic N) is 2. The highest BCUT2D eigenvalue weighted by Crippen LogP contribution is 2.17. The lowest BCUT2D eigenvalue weighted by Gasteiger charge is -2.18. The average Bonchev–Trinajstić information content (AvgIpc) is 2.46. The van der Waals surface area contributed by atoms with Gasteiger partial charge in [-0.3, -0.25) is 9.36 Å². The molecule has 0 aliphatic rings. The van der Waals surface area contributed by atoms with Gasteiger partial charge in [0.05, 0.1) is 16.9 Å². The summed E-state index contributed by atoms with van der Waals surface area (Å²) in [6.07, 6.45) is 1.47. The van der Waals surface area contributed by atoms with Crippen LogP contribution in [0.5, 0.6) is 0 Å². The van der Waals surface area contributed by atoms with Crippen LogP contribution in [0.2, 0.25) is 0 Å². The van der Waals surface area contributed by atoms with Crippen molar-refractivity contribution in [2.75, 3.05) is 7.05 Å². The molecular weight excluding hydrogens is 257 g/mol. The SMILES string of the molecule is C=CC(=C)n1c(C(C)NC)nc2ccc(F)cc2c1=O. The van der Waals surface area contributed by atoms with E-state index in [9.17, 15) is 9.18 Å². The van der Waals surface area contributed by atoms with Crippen molar-refractivity contribution in [3.8, 4) is 0 Å². The van der Waals surface area contributed by atoms with E-state index in [-0.39, 0.29) is 17.0 Å². The summed E-state index contributed by atoms with van der Waals surface area (Å²) >= 11 is 0. The predicted molar refractivity (Wildman–Crippen MR) is 79.0 cm³/mol. The van der Waals surface area contributed by atoms with Crippen molar-refractivity contribution >= 4 is 16.6 Å². The third-order valence-corrected chi connectivity index (χ3v) is 3.20. The van der Waals surface area contributed by atoms with Gasteiger partial charge in [0.1, 0.15) is 11.6 Å². The molecule has 0 aliphatic carbocycles. The number of nitrogens with one attached hydrogen (secondary N) is 1. The Morgan fingerprint density at radius 3 is 2.85 bits per heavy atom. The van der Waals surface area contributed by atoms with Gasteiger partial charge in [0.2, 0.25) is 0 Å². The summed E-state index contributed by atoms with van der Waals surface area (Å²) in [5, 5.41) is 3.25. The summed E-state index contributed by atoms with van der Waals surface area (Å²) in [5.74, 6) is 0.0445. The van der Waals surface area contributed by atoms with E-state index >= 15 is 0 Å². The summed E-state index contributed by atoms with van der Waals surface area (Å²) < 4.78 is 14.7. The molecule has 1 heterocycles. The second-order valence-electron chi connectivity index (χ2n) is 4.48. The molecule has 5 heteroatoms. The molecule has 4 nitrogen and oxygen atoms in total. The standard InChI is InChI=1S/C15H16FN3O/c1-5-9(2)19-14(10(3)17-4)18-13-7-6-11(16)8-12(13)15(19)20/h5-8,10,17H,1-2H2,3-4H3. The highest BCUT2D eigenvalue weighted by atomic mass is 19.1. The number of hydrogen-bond donors (Lipinski definition) is 1. The molecule has 2 rings (SSSR count).